The van der Waals surface area contributed by atoms with Gasteiger partial charge in [0, 0.05) is 23.5 Å². The highest BCUT2D eigenvalue weighted by atomic mass is 79.9. The molecule has 0 fully saturated rings. The number of hydrogen-bond donors (Lipinski definition) is 2. The van der Waals surface area contributed by atoms with Crippen molar-refractivity contribution >= 4 is 33.5 Å². The molecule has 0 aliphatic carbocycles. The Morgan fingerprint density at radius 1 is 1.29 bits per heavy atom. The minimum absolute atomic E-state index is 0.0298. The fraction of sp³-hybridized carbons (Fsp3) is 0.0714. The van der Waals surface area contributed by atoms with E-state index in [1.165, 1.54) is 31.5 Å². The van der Waals surface area contributed by atoms with Gasteiger partial charge in [0.15, 0.2) is 0 Å². The number of ether oxygens (including phenoxy) is 1. The van der Waals surface area contributed by atoms with Crippen molar-refractivity contribution in [2.75, 3.05) is 12.4 Å². The number of carbonyl (C=O) groups is 2. The standard InChI is InChI=1S/C14H11BrN2O4/c1-21-11-7-9(2-3-10(11)14(19)20)17-13(18)8-4-5-16-12(15)6-8/h2-7H,1H3,(H,17,18)(H,19,20). The van der Waals surface area contributed by atoms with Crippen LogP contribution in [0.15, 0.2) is 41.1 Å². The number of anilines is 1. The fourth-order valence-electron chi connectivity index (χ4n) is 1.69. The third kappa shape index (κ3) is 3.57. The van der Waals surface area contributed by atoms with E-state index in [0.717, 1.165) is 0 Å². The summed E-state index contributed by atoms with van der Waals surface area (Å²) < 4.78 is 5.55. The lowest BCUT2D eigenvalue weighted by molar-refractivity contribution is 0.0693. The van der Waals surface area contributed by atoms with Crippen LogP contribution in [0.1, 0.15) is 20.7 Å². The molecule has 0 atom stereocenters. The first-order chi connectivity index (χ1) is 10.0. The maximum atomic E-state index is 12.1. The third-order valence-electron chi connectivity index (χ3n) is 2.68. The van der Waals surface area contributed by atoms with E-state index < -0.39 is 5.97 Å². The van der Waals surface area contributed by atoms with E-state index in [2.05, 4.69) is 26.2 Å². The SMILES string of the molecule is COc1cc(NC(=O)c2ccnc(Br)c2)ccc1C(=O)O. The molecule has 0 unspecified atom stereocenters. The molecule has 0 saturated heterocycles. The molecular weight excluding hydrogens is 340 g/mol. The van der Waals surface area contributed by atoms with E-state index >= 15 is 0 Å². The molecule has 108 valence electrons. The summed E-state index contributed by atoms with van der Waals surface area (Å²) in [7, 11) is 1.37. The molecule has 0 aliphatic rings. The van der Waals surface area contributed by atoms with E-state index in [1.807, 2.05) is 0 Å². The molecule has 2 N–H and O–H groups in total. The smallest absolute Gasteiger partial charge is 0.339 e. The van der Waals surface area contributed by atoms with Gasteiger partial charge in [0.05, 0.1) is 7.11 Å². The highest BCUT2D eigenvalue weighted by Crippen LogP contribution is 2.23. The van der Waals surface area contributed by atoms with Crippen molar-refractivity contribution in [2.45, 2.75) is 0 Å². The zero-order chi connectivity index (χ0) is 15.4. The molecule has 1 aromatic heterocycles. The van der Waals surface area contributed by atoms with Gasteiger partial charge in [-0.05, 0) is 40.2 Å². The topological polar surface area (TPSA) is 88.5 Å². The number of rotatable bonds is 4. The summed E-state index contributed by atoms with van der Waals surface area (Å²) in [6, 6.07) is 7.48. The summed E-state index contributed by atoms with van der Waals surface area (Å²) in [5, 5.41) is 11.7. The fourth-order valence-corrected chi connectivity index (χ4v) is 2.06. The van der Waals surface area contributed by atoms with Crippen LogP contribution in [0.25, 0.3) is 0 Å². The lowest BCUT2D eigenvalue weighted by Gasteiger charge is -2.09. The maximum absolute atomic E-state index is 12.1. The minimum Gasteiger partial charge on any atom is -0.496 e. The van der Waals surface area contributed by atoms with Gasteiger partial charge in [-0.2, -0.15) is 0 Å². The molecule has 1 heterocycles. The Kier molecular flexibility index (Phi) is 4.54. The summed E-state index contributed by atoms with van der Waals surface area (Å²) in [6.07, 6.45) is 1.51. The van der Waals surface area contributed by atoms with Crippen LogP contribution >= 0.6 is 15.9 Å². The molecule has 7 heteroatoms. The Bertz CT molecular complexity index is 703. The zero-order valence-corrected chi connectivity index (χ0v) is 12.5. The number of carboxylic acid groups (broad SMARTS) is 1. The number of pyridine rings is 1. The molecule has 2 aromatic rings. The number of hydrogen-bond acceptors (Lipinski definition) is 4. The van der Waals surface area contributed by atoms with Crippen LogP contribution in [-0.2, 0) is 0 Å². The van der Waals surface area contributed by atoms with E-state index in [9.17, 15) is 9.59 Å². The molecule has 2 rings (SSSR count). The number of aromatic nitrogens is 1. The lowest BCUT2D eigenvalue weighted by Crippen LogP contribution is -2.12. The van der Waals surface area contributed by atoms with Crippen molar-refractivity contribution in [1.82, 2.24) is 4.98 Å². The van der Waals surface area contributed by atoms with Gasteiger partial charge in [-0.15, -0.1) is 0 Å². The third-order valence-corrected chi connectivity index (χ3v) is 3.11. The Balaban J connectivity index is 2.24. The van der Waals surface area contributed by atoms with Crippen LogP contribution in [0, 0.1) is 0 Å². The average Bonchev–Trinajstić information content (AvgIpc) is 2.46. The molecule has 0 bridgehead atoms. The van der Waals surface area contributed by atoms with Gasteiger partial charge in [0.25, 0.3) is 5.91 Å². The van der Waals surface area contributed by atoms with E-state index in [4.69, 9.17) is 9.84 Å². The Labute approximate surface area is 128 Å². The monoisotopic (exact) mass is 350 g/mol. The van der Waals surface area contributed by atoms with Crippen LogP contribution in [0.3, 0.4) is 0 Å². The van der Waals surface area contributed by atoms with Gasteiger partial charge in [-0.1, -0.05) is 0 Å². The first kappa shape index (κ1) is 15.0. The van der Waals surface area contributed by atoms with Gasteiger partial charge in [0.2, 0.25) is 0 Å². The largest absolute Gasteiger partial charge is 0.496 e. The average molecular weight is 351 g/mol. The summed E-state index contributed by atoms with van der Waals surface area (Å²) in [4.78, 5) is 27.0. The molecule has 1 amide bonds. The number of carbonyl (C=O) groups excluding carboxylic acids is 1. The molecule has 0 aliphatic heterocycles. The summed E-state index contributed by atoms with van der Waals surface area (Å²) in [5.41, 5.74) is 0.898. The minimum atomic E-state index is -1.09. The molecule has 0 radical (unpaired) electrons. The van der Waals surface area contributed by atoms with Crippen LogP contribution in [0.2, 0.25) is 0 Å². The van der Waals surface area contributed by atoms with Crippen molar-refractivity contribution in [1.29, 1.82) is 0 Å². The van der Waals surface area contributed by atoms with Gasteiger partial charge >= 0.3 is 5.97 Å². The Hall–Kier alpha value is -2.41. The van der Waals surface area contributed by atoms with Crippen LogP contribution < -0.4 is 10.1 Å². The quantitative estimate of drug-likeness (QED) is 0.827. The summed E-state index contributed by atoms with van der Waals surface area (Å²) in [5.74, 6) is -1.25. The van der Waals surface area contributed by atoms with Gasteiger partial charge < -0.3 is 15.2 Å². The number of benzene rings is 1. The number of aromatic carboxylic acids is 1. The highest BCUT2D eigenvalue weighted by molar-refractivity contribution is 9.10. The lowest BCUT2D eigenvalue weighted by atomic mass is 10.1. The predicted molar refractivity (Wildman–Crippen MR) is 79.8 cm³/mol. The predicted octanol–water partition coefficient (Wildman–Crippen LogP) is 2.80. The number of nitrogens with one attached hydrogen (secondary N) is 1. The number of methoxy groups -OCH3 is 1. The molecule has 1 aromatic carbocycles. The van der Waals surface area contributed by atoms with Crippen molar-refractivity contribution < 1.29 is 19.4 Å². The number of halogens is 1. The zero-order valence-electron chi connectivity index (χ0n) is 11.0. The summed E-state index contributed by atoms with van der Waals surface area (Å²) >= 11 is 3.19. The second-order valence-electron chi connectivity index (χ2n) is 4.04. The molecule has 6 nitrogen and oxygen atoms in total. The maximum Gasteiger partial charge on any atom is 0.339 e. The van der Waals surface area contributed by atoms with Crippen molar-refractivity contribution in [3.63, 3.8) is 0 Å². The Morgan fingerprint density at radius 2 is 2.05 bits per heavy atom. The van der Waals surface area contributed by atoms with E-state index in [1.54, 1.807) is 12.1 Å². The second kappa shape index (κ2) is 6.36. The Morgan fingerprint density at radius 3 is 2.67 bits per heavy atom. The first-order valence-corrected chi connectivity index (χ1v) is 6.65. The number of carboxylic acids is 1. The van der Waals surface area contributed by atoms with Crippen LogP contribution in [-0.4, -0.2) is 29.1 Å². The van der Waals surface area contributed by atoms with Crippen LogP contribution in [0.4, 0.5) is 5.69 Å². The van der Waals surface area contributed by atoms with Crippen LogP contribution in [0.5, 0.6) is 5.75 Å². The van der Waals surface area contributed by atoms with Gasteiger partial charge in [-0.25, -0.2) is 9.78 Å². The molecular formula is C14H11BrN2O4. The first-order valence-electron chi connectivity index (χ1n) is 5.85. The summed E-state index contributed by atoms with van der Waals surface area (Å²) in [6.45, 7) is 0. The highest BCUT2D eigenvalue weighted by Gasteiger charge is 2.13. The van der Waals surface area contributed by atoms with E-state index in [-0.39, 0.29) is 17.2 Å². The van der Waals surface area contributed by atoms with Crippen molar-refractivity contribution in [2.24, 2.45) is 0 Å². The molecule has 0 spiro atoms. The molecule has 21 heavy (non-hydrogen) atoms. The van der Waals surface area contributed by atoms with Crippen molar-refractivity contribution in [3.8, 4) is 5.75 Å². The van der Waals surface area contributed by atoms with Crippen molar-refractivity contribution in [3.05, 3.63) is 52.3 Å². The van der Waals surface area contributed by atoms with E-state index in [0.29, 0.717) is 15.9 Å². The number of amides is 1. The molecule has 0 saturated carbocycles. The second-order valence-corrected chi connectivity index (χ2v) is 4.85. The van der Waals surface area contributed by atoms with Gasteiger partial charge in [0.1, 0.15) is 15.9 Å². The normalized spacial score (nSPS) is 10.0. The number of nitrogens with zero attached hydrogens (tertiary/aromatic N) is 1. The van der Waals surface area contributed by atoms with Gasteiger partial charge in [-0.3, -0.25) is 4.79 Å².